The second-order valence-corrected chi connectivity index (χ2v) is 12.9. The van der Waals surface area contributed by atoms with Gasteiger partial charge in [-0.15, -0.1) is 0 Å². The average Bonchev–Trinajstić information content (AvgIpc) is 3.52. The van der Waals surface area contributed by atoms with E-state index in [1.165, 1.54) is 0 Å². The van der Waals surface area contributed by atoms with Crippen LogP contribution in [0.1, 0.15) is 90.2 Å². The summed E-state index contributed by atoms with van der Waals surface area (Å²) in [6.45, 7) is 11.3. The van der Waals surface area contributed by atoms with Crippen LogP contribution in [0.5, 0.6) is 0 Å². The predicted octanol–water partition coefficient (Wildman–Crippen LogP) is 6.24. The molecule has 2 aromatic rings. The SMILES string of the molecule is CCC(O)(CC)CO.CCC1(CC)COC2(CCN(C(=O)OCc3ccccc3)CC2)O1.O=C1CCN(C(=O)OCc2ccccc2)CC1. The van der Waals surface area contributed by atoms with Crippen LogP contribution in [-0.2, 0) is 37.0 Å². The molecule has 5 rings (SSSR count). The molecule has 3 saturated heterocycles. The summed E-state index contributed by atoms with van der Waals surface area (Å²) in [6, 6.07) is 19.3. The van der Waals surface area contributed by atoms with E-state index in [-0.39, 0.29) is 36.8 Å². The van der Waals surface area contributed by atoms with Crippen molar-refractivity contribution in [3.8, 4) is 0 Å². The molecule has 0 unspecified atom stereocenters. The van der Waals surface area contributed by atoms with Gasteiger partial charge in [-0.05, 0) is 36.8 Å². The number of nitrogens with zero attached hydrogens (tertiary/aromatic N) is 2. The van der Waals surface area contributed by atoms with Gasteiger partial charge in [0.1, 0.15) is 19.0 Å². The summed E-state index contributed by atoms with van der Waals surface area (Å²) in [4.78, 5) is 38.3. The first-order valence-corrected chi connectivity index (χ1v) is 17.6. The third-order valence-electron chi connectivity index (χ3n) is 9.67. The first-order chi connectivity index (χ1) is 23.5. The second-order valence-electron chi connectivity index (χ2n) is 12.9. The van der Waals surface area contributed by atoms with Crippen LogP contribution < -0.4 is 0 Å². The van der Waals surface area contributed by atoms with Crippen molar-refractivity contribution in [3.05, 3.63) is 71.8 Å². The van der Waals surface area contributed by atoms with E-state index in [1.807, 2.05) is 74.5 Å². The first-order valence-electron chi connectivity index (χ1n) is 17.6. The second kappa shape index (κ2) is 19.6. The van der Waals surface area contributed by atoms with E-state index in [4.69, 9.17) is 24.1 Å². The molecular formula is C38H56N2O9. The largest absolute Gasteiger partial charge is 0.445 e. The molecule has 49 heavy (non-hydrogen) atoms. The Morgan fingerprint density at radius 1 is 0.776 bits per heavy atom. The highest BCUT2D eigenvalue weighted by Gasteiger charge is 2.50. The van der Waals surface area contributed by atoms with Crippen LogP contribution in [0.2, 0.25) is 0 Å². The summed E-state index contributed by atoms with van der Waals surface area (Å²) in [5, 5.41) is 17.7. The van der Waals surface area contributed by atoms with Crippen molar-refractivity contribution >= 4 is 18.0 Å². The smallest absolute Gasteiger partial charge is 0.410 e. The van der Waals surface area contributed by atoms with Crippen LogP contribution >= 0.6 is 0 Å². The number of Topliss-reactive ketones (excluding diaryl/α,β-unsaturated/α-hetero) is 1. The van der Waals surface area contributed by atoms with Crippen LogP contribution in [-0.4, -0.2) is 94.4 Å². The van der Waals surface area contributed by atoms with Crippen molar-refractivity contribution < 1.29 is 43.5 Å². The van der Waals surface area contributed by atoms with Gasteiger partial charge in [0.05, 0.1) is 24.4 Å². The summed E-state index contributed by atoms with van der Waals surface area (Å²) in [6.07, 6.45) is 4.86. The molecule has 2 N–H and O–H groups in total. The Balaban J connectivity index is 0.000000226. The maximum absolute atomic E-state index is 12.2. The summed E-state index contributed by atoms with van der Waals surface area (Å²) < 4.78 is 23.0. The van der Waals surface area contributed by atoms with Gasteiger partial charge < -0.3 is 39.0 Å². The number of hydrogen-bond acceptors (Lipinski definition) is 9. The number of piperidine rings is 2. The van der Waals surface area contributed by atoms with Gasteiger partial charge >= 0.3 is 12.2 Å². The number of carbonyl (C=O) groups is 3. The van der Waals surface area contributed by atoms with Crippen molar-refractivity contribution in [2.75, 3.05) is 39.4 Å². The molecule has 2 amide bonds. The van der Waals surface area contributed by atoms with E-state index >= 15 is 0 Å². The van der Waals surface area contributed by atoms with Crippen molar-refractivity contribution in [2.45, 2.75) is 109 Å². The number of hydrogen-bond donors (Lipinski definition) is 2. The minimum atomic E-state index is -0.819. The lowest BCUT2D eigenvalue weighted by molar-refractivity contribution is -0.210. The fraction of sp³-hybridized carbons (Fsp3) is 0.605. The Labute approximate surface area is 291 Å². The number of ether oxygens (including phenoxy) is 4. The summed E-state index contributed by atoms with van der Waals surface area (Å²) >= 11 is 0. The number of aliphatic hydroxyl groups excluding tert-OH is 1. The van der Waals surface area contributed by atoms with E-state index < -0.39 is 11.4 Å². The molecule has 0 saturated carbocycles. The summed E-state index contributed by atoms with van der Waals surface area (Å²) in [5.41, 5.74) is 0.988. The van der Waals surface area contributed by atoms with Crippen molar-refractivity contribution in [1.29, 1.82) is 0 Å². The van der Waals surface area contributed by atoms with Crippen LogP contribution in [0.15, 0.2) is 60.7 Å². The lowest BCUT2D eigenvalue weighted by atomic mass is 9.98. The molecule has 3 aliphatic heterocycles. The molecule has 2 aromatic carbocycles. The van der Waals surface area contributed by atoms with Crippen LogP contribution in [0.3, 0.4) is 0 Å². The first kappa shape index (κ1) is 39.9. The zero-order valence-corrected chi connectivity index (χ0v) is 29.7. The molecular weight excluding hydrogens is 628 g/mol. The Hall–Kier alpha value is -3.51. The third kappa shape index (κ3) is 12.4. The van der Waals surface area contributed by atoms with E-state index in [0.717, 1.165) is 24.0 Å². The number of benzene rings is 2. The lowest BCUT2D eigenvalue weighted by Gasteiger charge is -2.38. The quantitative estimate of drug-likeness (QED) is 0.315. The number of aliphatic hydroxyl groups is 2. The standard InChI is InChI=1S/C19H27NO4.C13H15NO3.C6H14O2/c1-3-18(4-2)15-23-19(24-18)10-12-20(13-11-19)17(21)22-14-16-8-6-5-7-9-16;15-12-6-8-14(9-7-12)13(16)17-10-11-4-2-1-3-5-11;1-3-6(8,4-2)5-7/h5-9H,3-4,10-15H2,1-2H3;1-5H,6-10H2;7-8H,3-5H2,1-2H3. The monoisotopic (exact) mass is 684 g/mol. The molecule has 1 spiro atoms. The zero-order chi connectivity index (χ0) is 35.8. The minimum absolute atomic E-state index is 0.125. The van der Waals surface area contributed by atoms with Crippen LogP contribution in [0.4, 0.5) is 9.59 Å². The molecule has 3 fully saturated rings. The molecule has 0 atom stereocenters. The highest BCUT2D eigenvalue weighted by molar-refractivity contribution is 5.81. The summed E-state index contributed by atoms with van der Waals surface area (Å²) in [7, 11) is 0. The molecule has 11 heteroatoms. The fourth-order valence-corrected chi connectivity index (χ4v) is 5.62. The molecule has 0 aliphatic carbocycles. The summed E-state index contributed by atoms with van der Waals surface area (Å²) in [5.74, 6) is -0.292. The number of likely N-dealkylation sites (tertiary alicyclic amines) is 2. The number of carbonyl (C=O) groups excluding carboxylic acids is 3. The minimum Gasteiger partial charge on any atom is -0.445 e. The highest BCUT2D eigenvalue weighted by Crippen LogP contribution is 2.42. The van der Waals surface area contributed by atoms with Crippen LogP contribution in [0, 0.1) is 0 Å². The van der Waals surface area contributed by atoms with E-state index in [2.05, 4.69) is 13.8 Å². The van der Waals surface area contributed by atoms with Gasteiger partial charge in [0.15, 0.2) is 5.79 Å². The van der Waals surface area contributed by atoms with Gasteiger partial charge in [-0.2, -0.15) is 0 Å². The Kier molecular flexibility index (Phi) is 16.0. The maximum Gasteiger partial charge on any atom is 0.410 e. The van der Waals surface area contributed by atoms with E-state index in [9.17, 15) is 19.5 Å². The van der Waals surface area contributed by atoms with E-state index in [0.29, 0.717) is 77.9 Å². The van der Waals surface area contributed by atoms with Gasteiger partial charge in [0.2, 0.25) is 0 Å². The third-order valence-corrected chi connectivity index (χ3v) is 9.67. The van der Waals surface area contributed by atoms with Gasteiger partial charge in [0.25, 0.3) is 0 Å². The molecule has 0 aromatic heterocycles. The van der Waals surface area contributed by atoms with Gasteiger partial charge in [-0.1, -0.05) is 88.4 Å². The average molecular weight is 685 g/mol. The van der Waals surface area contributed by atoms with Gasteiger partial charge in [0, 0.05) is 51.9 Å². The zero-order valence-electron chi connectivity index (χ0n) is 29.7. The van der Waals surface area contributed by atoms with E-state index in [1.54, 1.807) is 9.80 Å². The van der Waals surface area contributed by atoms with Gasteiger partial charge in [-0.25, -0.2) is 9.59 Å². The molecule has 3 aliphatic rings. The molecule has 11 nitrogen and oxygen atoms in total. The van der Waals surface area contributed by atoms with Crippen LogP contribution in [0.25, 0.3) is 0 Å². The molecule has 0 radical (unpaired) electrons. The number of amides is 2. The normalized spacial score (nSPS) is 18.1. The Morgan fingerprint density at radius 3 is 1.59 bits per heavy atom. The van der Waals surface area contributed by atoms with Crippen molar-refractivity contribution in [2.24, 2.45) is 0 Å². The maximum atomic E-state index is 12.2. The van der Waals surface area contributed by atoms with Crippen molar-refractivity contribution in [1.82, 2.24) is 9.80 Å². The fourth-order valence-electron chi connectivity index (χ4n) is 5.62. The van der Waals surface area contributed by atoms with Crippen molar-refractivity contribution in [3.63, 3.8) is 0 Å². The number of rotatable bonds is 9. The molecule has 0 bridgehead atoms. The Bertz CT molecular complexity index is 1260. The molecule has 3 heterocycles. The highest BCUT2D eigenvalue weighted by atomic mass is 16.8. The predicted molar refractivity (Wildman–Crippen MR) is 186 cm³/mol. The number of ketones is 1. The lowest BCUT2D eigenvalue weighted by Crippen LogP contribution is -2.48. The Morgan fingerprint density at radius 2 is 1.22 bits per heavy atom. The topological polar surface area (TPSA) is 135 Å². The molecule has 272 valence electrons. The van der Waals surface area contributed by atoms with Gasteiger partial charge in [-0.3, -0.25) is 4.79 Å².